The zero-order valence-electron chi connectivity index (χ0n) is 16.7. The zero-order chi connectivity index (χ0) is 20.5. The zero-order valence-corrected chi connectivity index (χ0v) is 17.5. The summed E-state index contributed by atoms with van der Waals surface area (Å²) >= 11 is 0. The maximum Gasteiger partial charge on any atom is 0.178 e. The van der Waals surface area contributed by atoms with E-state index in [1.807, 2.05) is 18.2 Å². The summed E-state index contributed by atoms with van der Waals surface area (Å²) in [5.74, 6) is 0.314. The van der Waals surface area contributed by atoms with Gasteiger partial charge < -0.3 is 10.6 Å². The molecule has 3 rings (SSSR count). The Morgan fingerprint density at radius 1 is 1.03 bits per heavy atom. The molecule has 156 valence electrons. The first-order chi connectivity index (χ1) is 14.0. The number of hydrogen-bond donors (Lipinski definition) is 1. The van der Waals surface area contributed by atoms with Gasteiger partial charge in [-0.25, -0.2) is 8.42 Å². The van der Waals surface area contributed by atoms with E-state index in [1.54, 1.807) is 30.3 Å². The van der Waals surface area contributed by atoms with E-state index in [4.69, 9.17) is 10.6 Å². The molecule has 1 heterocycles. The van der Waals surface area contributed by atoms with Gasteiger partial charge in [-0.1, -0.05) is 48.0 Å². The van der Waals surface area contributed by atoms with Gasteiger partial charge in [0, 0.05) is 12.1 Å². The molecule has 0 spiro atoms. The number of oxime groups is 1. The second kappa shape index (κ2) is 10.4. The van der Waals surface area contributed by atoms with Gasteiger partial charge in [-0.05, 0) is 56.1 Å². The second-order valence-electron chi connectivity index (χ2n) is 7.33. The highest BCUT2D eigenvalue weighted by atomic mass is 32.2. The highest BCUT2D eigenvalue weighted by molar-refractivity contribution is 7.91. The summed E-state index contributed by atoms with van der Waals surface area (Å²) in [6.45, 7) is 3.39. The number of sulfone groups is 1. The van der Waals surface area contributed by atoms with Gasteiger partial charge >= 0.3 is 0 Å². The van der Waals surface area contributed by atoms with Crippen LogP contribution in [0.4, 0.5) is 0 Å². The van der Waals surface area contributed by atoms with Crippen LogP contribution in [0.3, 0.4) is 0 Å². The van der Waals surface area contributed by atoms with E-state index in [9.17, 15) is 8.42 Å². The molecule has 0 amide bonds. The normalized spacial score (nSPS) is 15.9. The minimum absolute atomic E-state index is 0.0117. The molecule has 0 saturated carbocycles. The van der Waals surface area contributed by atoms with Crippen LogP contribution >= 0.6 is 0 Å². The van der Waals surface area contributed by atoms with E-state index in [0.29, 0.717) is 17.2 Å². The summed E-state index contributed by atoms with van der Waals surface area (Å²) in [6, 6.07) is 16.4. The molecule has 0 unspecified atom stereocenters. The number of nitrogens with two attached hydrogens (primary N) is 1. The largest absolute Gasteiger partial charge is 0.394 e. The molecule has 1 saturated heterocycles. The first-order valence-corrected chi connectivity index (χ1v) is 11.7. The van der Waals surface area contributed by atoms with Crippen molar-refractivity contribution in [2.75, 3.05) is 25.4 Å². The molecular weight excluding hydrogens is 386 g/mol. The van der Waals surface area contributed by atoms with Crippen LogP contribution < -0.4 is 5.73 Å². The topological polar surface area (TPSA) is 85.0 Å². The van der Waals surface area contributed by atoms with E-state index >= 15 is 0 Å². The number of amidine groups is 1. The molecule has 1 aliphatic heterocycles. The van der Waals surface area contributed by atoms with Crippen LogP contribution in [0.1, 0.15) is 36.8 Å². The number of nitrogens with zero attached hydrogens (tertiary/aromatic N) is 2. The molecule has 7 heteroatoms. The fourth-order valence-corrected chi connectivity index (χ4v) is 4.74. The lowest BCUT2D eigenvalue weighted by molar-refractivity contribution is 0.145. The van der Waals surface area contributed by atoms with Gasteiger partial charge in [-0.15, -0.1) is 0 Å². The maximum atomic E-state index is 12.2. The van der Waals surface area contributed by atoms with Gasteiger partial charge in [0.2, 0.25) is 0 Å². The lowest BCUT2D eigenvalue weighted by Gasteiger charge is -2.26. The van der Waals surface area contributed by atoms with Crippen LogP contribution in [0.25, 0.3) is 0 Å². The SMILES string of the molecule is N/C(=N/OCCCS(=O)(=O)c1ccccc1)c1cccc(CN2CCCCC2)c1. The van der Waals surface area contributed by atoms with Crippen LogP contribution in [-0.2, 0) is 21.2 Å². The van der Waals surface area contributed by atoms with Crippen molar-refractivity contribution in [2.24, 2.45) is 10.9 Å². The van der Waals surface area contributed by atoms with Crippen LogP contribution in [0, 0.1) is 0 Å². The third-order valence-electron chi connectivity index (χ3n) is 4.99. The van der Waals surface area contributed by atoms with Crippen molar-refractivity contribution in [3.63, 3.8) is 0 Å². The molecule has 29 heavy (non-hydrogen) atoms. The number of likely N-dealkylation sites (tertiary alicyclic amines) is 1. The predicted molar refractivity (Wildman–Crippen MR) is 115 cm³/mol. The Bertz CT molecular complexity index is 908. The van der Waals surface area contributed by atoms with E-state index in [-0.39, 0.29) is 12.4 Å². The number of rotatable bonds is 9. The standard InChI is InChI=1S/C22H29N3O3S/c23-22(20-10-7-9-19(17-20)18-25-13-5-2-6-14-25)24-28-15-8-16-29(26,27)21-11-3-1-4-12-21/h1,3-4,7,9-12,17H,2,5-6,8,13-16,18H2,(H2,23,24). The van der Waals surface area contributed by atoms with Gasteiger partial charge in [0.05, 0.1) is 10.6 Å². The molecule has 1 aliphatic rings. The number of piperidine rings is 1. The summed E-state index contributed by atoms with van der Waals surface area (Å²) < 4.78 is 24.5. The Morgan fingerprint density at radius 2 is 1.79 bits per heavy atom. The fraction of sp³-hybridized carbons (Fsp3) is 0.409. The van der Waals surface area contributed by atoms with Crippen molar-refractivity contribution in [3.05, 3.63) is 65.7 Å². The Morgan fingerprint density at radius 3 is 2.55 bits per heavy atom. The van der Waals surface area contributed by atoms with Crippen LogP contribution in [-0.4, -0.2) is 44.6 Å². The van der Waals surface area contributed by atoms with Crippen LogP contribution in [0.15, 0.2) is 64.6 Å². The fourth-order valence-electron chi connectivity index (χ4n) is 3.43. The number of hydrogen-bond acceptors (Lipinski definition) is 5. The van der Waals surface area contributed by atoms with E-state index in [0.717, 1.165) is 25.2 Å². The monoisotopic (exact) mass is 415 g/mol. The first-order valence-electron chi connectivity index (χ1n) is 10.1. The molecule has 0 radical (unpaired) electrons. The van der Waals surface area contributed by atoms with Crippen molar-refractivity contribution < 1.29 is 13.3 Å². The molecular formula is C22H29N3O3S. The second-order valence-corrected chi connectivity index (χ2v) is 9.44. The Labute approximate surface area is 173 Å². The first kappa shape index (κ1) is 21.3. The Balaban J connectivity index is 1.48. The molecule has 1 fully saturated rings. The van der Waals surface area contributed by atoms with Crippen molar-refractivity contribution >= 4 is 15.7 Å². The minimum Gasteiger partial charge on any atom is -0.394 e. The highest BCUT2D eigenvalue weighted by Gasteiger charge is 2.13. The Hall–Kier alpha value is -2.38. The van der Waals surface area contributed by atoms with E-state index in [1.165, 1.54) is 24.8 Å². The maximum absolute atomic E-state index is 12.2. The lowest BCUT2D eigenvalue weighted by atomic mass is 10.1. The average molecular weight is 416 g/mol. The Kier molecular flexibility index (Phi) is 7.66. The summed E-state index contributed by atoms with van der Waals surface area (Å²) in [5, 5.41) is 3.96. The smallest absolute Gasteiger partial charge is 0.178 e. The molecule has 0 atom stereocenters. The van der Waals surface area contributed by atoms with Gasteiger partial charge in [0.1, 0.15) is 6.61 Å². The predicted octanol–water partition coefficient (Wildman–Crippen LogP) is 3.17. The van der Waals surface area contributed by atoms with E-state index < -0.39 is 9.84 Å². The van der Waals surface area contributed by atoms with Crippen molar-refractivity contribution in [2.45, 2.75) is 37.1 Å². The molecule has 2 N–H and O–H groups in total. The van der Waals surface area contributed by atoms with Gasteiger partial charge in [-0.3, -0.25) is 4.90 Å². The van der Waals surface area contributed by atoms with Gasteiger partial charge in [0.25, 0.3) is 0 Å². The third kappa shape index (κ3) is 6.58. The molecule has 6 nitrogen and oxygen atoms in total. The highest BCUT2D eigenvalue weighted by Crippen LogP contribution is 2.14. The molecule has 2 aromatic carbocycles. The van der Waals surface area contributed by atoms with Crippen molar-refractivity contribution in [3.8, 4) is 0 Å². The quantitative estimate of drug-likeness (QED) is 0.294. The average Bonchev–Trinajstić information content (AvgIpc) is 2.75. The van der Waals surface area contributed by atoms with Crippen molar-refractivity contribution in [1.29, 1.82) is 0 Å². The number of benzene rings is 2. The van der Waals surface area contributed by atoms with Gasteiger partial charge in [0.15, 0.2) is 15.7 Å². The summed E-state index contributed by atoms with van der Waals surface area (Å²) in [5.41, 5.74) is 8.07. The summed E-state index contributed by atoms with van der Waals surface area (Å²) in [6.07, 6.45) is 4.19. The summed E-state index contributed by atoms with van der Waals surface area (Å²) in [4.78, 5) is 8.04. The summed E-state index contributed by atoms with van der Waals surface area (Å²) in [7, 11) is -3.30. The molecule has 0 bridgehead atoms. The molecule has 0 aliphatic carbocycles. The lowest BCUT2D eigenvalue weighted by Crippen LogP contribution is -2.29. The third-order valence-corrected chi connectivity index (χ3v) is 6.81. The van der Waals surface area contributed by atoms with Crippen molar-refractivity contribution in [1.82, 2.24) is 4.90 Å². The van der Waals surface area contributed by atoms with Crippen LogP contribution in [0.5, 0.6) is 0 Å². The molecule has 0 aromatic heterocycles. The molecule has 2 aromatic rings. The van der Waals surface area contributed by atoms with Crippen LogP contribution in [0.2, 0.25) is 0 Å². The van der Waals surface area contributed by atoms with E-state index in [2.05, 4.69) is 16.1 Å². The van der Waals surface area contributed by atoms with Gasteiger partial charge in [-0.2, -0.15) is 0 Å². The minimum atomic E-state index is -3.30.